The van der Waals surface area contributed by atoms with E-state index in [2.05, 4.69) is 5.73 Å². The second kappa shape index (κ2) is 9.06. The van der Waals surface area contributed by atoms with Gasteiger partial charge in [-0.15, -0.1) is 0 Å². The fraction of sp³-hybridized carbons (Fsp3) is 0.136. The van der Waals surface area contributed by atoms with Crippen LogP contribution in [0.3, 0.4) is 0 Å². The average Bonchev–Trinajstić information content (AvgIpc) is 2.76. The van der Waals surface area contributed by atoms with Crippen LogP contribution in [0, 0.1) is 0 Å². The standard InChI is InChI=1S/C20H16N2O3.C2HF3O2/c21-11-13-8-9-17-18(10-13)22(20(24)25-19(17)23)12-15-6-3-5-14-4-1-2-7-16(14)15;3-2(4,5)1(6)7/h1-10H,11-12,21H2;(H,6,7). The van der Waals surface area contributed by atoms with Gasteiger partial charge in [0, 0.05) is 5.56 Å². The number of rotatable bonds is 3. The Bertz CT molecular complexity index is 1400. The van der Waals surface area contributed by atoms with Gasteiger partial charge in [0.05, 0.1) is 24.0 Å². The molecular formula is C22H17F3N2O5. The summed E-state index contributed by atoms with van der Waals surface area (Å²) in [6, 6.07) is 19.4. The fourth-order valence-corrected chi connectivity index (χ4v) is 3.17. The van der Waals surface area contributed by atoms with Crippen molar-refractivity contribution in [2.45, 2.75) is 19.3 Å². The van der Waals surface area contributed by atoms with E-state index in [0.717, 1.165) is 21.9 Å². The molecule has 0 saturated heterocycles. The SMILES string of the molecule is O=C([O-])C(F)(F)F.[NH3+]Cc1ccc2c(=O)oc(=O)n(Cc3cccc4ccccc34)c2c1. The number of aromatic nitrogens is 1. The Hall–Kier alpha value is -3.92. The number of aliphatic carboxylic acids is 1. The highest BCUT2D eigenvalue weighted by molar-refractivity contribution is 5.86. The topological polar surface area (TPSA) is 120 Å². The molecule has 0 bridgehead atoms. The Labute approximate surface area is 178 Å². The molecule has 4 rings (SSSR count). The fourth-order valence-electron chi connectivity index (χ4n) is 3.17. The molecule has 0 fully saturated rings. The van der Waals surface area contributed by atoms with Crippen LogP contribution in [0.2, 0.25) is 0 Å². The maximum absolute atomic E-state index is 12.4. The van der Waals surface area contributed by atoms with Gasteiger partial charge in [-0.3, -0.25) is 4.57 Å². The Morgan fingerprint density at radius 1 is 1.00 bits per heavy atom. The molecule has 4 aromatic rings. The monoisotopic (exact) mass is 446 g/mol. The van der Waals surface area contributed by atoms with E-state index in [-0.39, 0.29) is 0 Å². The third-order valence-electron chi connectivity index (χ3n) is 4.70. The minimum absolute atomic E-state index is 0.334. The van der Waals surface area contributed by atoms with Crippen molar-refractivity contribution in [2.24, 2.45) is 0 Å². The summed E-state index contributed by atoms with van der Waals surface area (Å²) in [7, 11) is 0. The van der Waals surface area contributed by atoms with Gasteiger partial charge in [-0.2, -0.15) is 13.2 Å². The van der Waals surface area contributed by atoms with Crippen molar-refractivity contribution in [1.82, 2.24) is 4.57 Å². The number of alkyl halides is 3. The van der Waals surface area contributed by atoms with E-state index < -0.39 is 23.5 Å². The number of hydrogen-bond acceptors (Lipinski definition) is 5. The first-order valence-corrected chi connectivity index (χ1v) is 9.32. The summed E-state index contributed by atoms with van der Waals surface area (Å²) in [6.45, 7) is 0.916. The van der Waals surface area contributed by atoms with Gasteiger partial charge < -0.3 is 20.1 Å². The van der Waals surface area contributed by atoms with Crippen molar-refractivity contribution in [3.8, 4) is 0 Å². The number of carboxylic acid groups (broad SMARTS) is 1. The zero-order chi connectivity index (χ0) is 23.5. The van der Waals surface area contributed by atoms with Gasteiger partial charge in [0.15, 0.2) is 0 Å². The third kappa shape index (κ3) is 4.86. The molecule has 0 atom stereocenters. The van der Waals surface area contributed by atoms with Crippen LogP contribution < -0.4 is 22.2 Å². The van der Waals surface area contributed by atoms with Crippen molar-refractivity contribution in [1.29, 1.82) is 0 Å². The Morgan fingerprint density at radius 3 is 2.31 bits per heavy atom. The van der Waals surface area contributed by atoms with Gasteiger partial charge in [0.2, 0.25) is 0 Å². The molecule has 32 heavy (non-hydrogen) atoms. The van der Waals surface area contributed by atoms with Crippen LogP contribution in [0.15, 0.2) is 74.7 Å². The molecule has 0 aliphatic heterocycles. The molecule has 0 aliphatic rings. The van der Waals surface area contributed by atoms with Gasteiger partial charge in [-0.1, -0.05) is 48.5 Å². The molecule has 3 N–H and O–H groups in total. The number of quaternary nitrogens is 1. The summed E-state index contributed by atoms with van der Waals surface area (Å²) in [5, 5.41) is 11.4. The van der Waals surface area contributed by atoms with E-state index in [0.29, 0.717) is 24.0 Å². The average molecular weight is 446 g/mol. The quantitative estimate of drug-likeness (QED) is 0.507. The maximum atomic E-state index is 12.4. The number of halogens is 3. The number of carbonyl (C=O) groups is 1. The second-order valence-corrected chi connectivity index (χ2v) is 6.77. The Kier molecular flexibility index (Phi) is 6.45. The molecule has 3 aromatic carbocycles. The van der Waals surface area contributed by atoms with E-state index in [1.54, 1.807) is 6.07 Å². The van der Waals surface area contributed by atoms with Crippen LogP contribution in [0.5, 0.6) is 0 Å². The third-order valence-corrected chi connectivity index (χ3v) is 4.70. The van der Waals surface area contributed by atoms with Crippen LogP contribution in [0.4, 0.5) is 13.2 Å². The van der Waals surface area contributed by atoms with E-state index in [4.69, 9.17) is 14.3 Å². The minimum atomic E-state index is -5.19. The molecule has 1 heterocycles. The van der Waals surface area contributed by atoms with Crippen molar-refractivity contribution in [3.05, 3.63) is 92.8 Å². The summed E-state index contributed by atoms with van der Waals surface area (Å²) < 4.78 is 38.0. The van der Waals surface area contributed by atoms with Crippen LogP contribution in [0.25, 0.3) is 21.7 Å². The molecule has 1 aromatic heterocycles. The molecular weight excluding hydrogens is 429 g/mol. The predicted molar refractivity (Wildman–Crippen MR) is 107 cm³/mol. The molecule has 7 nitrogen and oxygen atoms in total. The lowest BCUT2D eigenvalue weighted by atomic mass is 10.0. The van der Waals surface area contributed by atoms with Crippen molar-refractivity contribution >= 4 is 27.6 Å². The van der Waals surface area contributed by atoms with Crippen molar-refractivity contribution < 1.29 is 33.2 Å². The Morgan fingerprint density at radius 2 is 1.66 bits per heavy atom. The summed E-state index contributed by atoms with van der Waals surface area (Å²) in [4.78, 5) is 33.2. The van der Waals surface area contributed by atoms with E-state index in [1.807, 2.05) is 54.6 Å². The summed E-state index contributed by atoms with van der Waals surface area (Å²) >= 11 is 0. The second-order valence-electron chi connectivity index (χ2n) is 6.77. The van der Waals surface area contributed by atoms with Crippen molar-refractivity contribution in [3.63, 3.8) is 0 Å². The van der Waals surface area contributed by atoms with E-state index in [1.165, 1.54) is 4.57 Å². The van der Waals surface area contributed by atoms with Crippen LogP contribution in [-0.4, -0.2) is 16.7 Å². The van der Waals surface area contributed by atoms with Gasteiger partial charge >= 0.3 is 17.6 Å². The first-order chi connectivity index (χ1) is 15.1. The summed E-state index contributed by atoms with van der Waals surface area (Å²) in [5.41, 5.74) is 5.80. The lowest BCUT2D eigenvalue weighted by Gasteiger charge is -2.11. The number of fused-ring (bicyclic) bond motifs is 2. The van der Waals surface area contributed by atoms with Gasteiger partial charge in [-0.25, -0.2) is 9.59 Å². The smallest absolute Gasteiger partial charge is 0.430 e. The zero-order valence-corrected chi connectivity index (χ0v) is 16.5. The number of nitrogens with zero attached hydrogens (tertiary/aromatic N) is 1. The molecule has 0 unspecified atom stereocenters. The van der Waals surface area contributed by atoms with Crippen LogP contribution in [0.1, 0.15) is 11.1 Å². The Balaban J connectivity index is 0.000000360. The summed E-state index contributed by atoms with van der Waals surface area (Å²) in [5.74, 6) is -3.65. The highest BCUT2D eigenvalue weighted by Crippen LogP contribution is 2.20. The number of carbonyl (C=O) groups excluding carboxylic acids is 1. The first kappa shape index (κ1) is 22.8. The lowest BCUT2D eigenvalue weighted by Crippen LogP contribution is -2.47. The first-order valence-electron chi connectivity index (χ1n) is 9.32. The van der Waals surface area contributed by atoms with Gasteiger partial charge in [0.1, 0.15) is 5.97 Å². The predicted octanol–water partition coefficient (Wildman–Crippen LogP) is 1.20. The molecule has 10 heteroatoms. The number of benzene rings is 3. The zero-order valence-electron chi connectivity index (χ0n) is 16.5. The number of carboxylic acids is 1. The lowest BCUT2D eigenvalue weighted by molar-refractivity contribution is -0.386. The molecule has 0 spiro atoms. The molecule has 0 radical (unpaired) electrons. The maximum Gasteiger partial charge on any atom is 0.430 e. The van der Waals surface area contributed by atoms with Crippen LogP contribution >= 0.6 is 0 Å². The van der Waals surface area contributed by atoms with Gasteiger partial charge in [-0.05, 0) is 28.5 Å². The largest absolute Gasteiger partial charge is 0.542 e. The molecule has 0 aliphatic carbocycles. The molecule has 0 amide bonds. The van der Waals surface area contributed by atoms with Crippen LogP contribution in [-0.2, 0) is 17.9 Å². The molecule has 0 saturated carbocycles. The minimum Gasteiger partial charge on any atom is -0.542 e. The van der Waals surface area contributed by atoms with E-state index >= 15 is 0 Å². The normalized spacial score (nSPS) is 11.2. The van der Waals surface area contributed by atoms with Crippen molar-refractivity contribution in [2.75, 3.05) is 0 Å². The van der Waals surface area contributed by atoms with Gasteiger partial charge in [0.25, 0.3) is 0 Å². The highest BCUT2D eigenvalue weighted by Gasteiger charge is 2.28. The summed E-state index contributed by atoms with van der Waals surface area (Å²) in [6.07, 6.45) is -5.19. The number of hydrogen-bond donors (Lipinski definition) is 1. The molecule has 166 valence electrons. The van der Waals surface area contributed by atoms with E-state index in [9.17, 15) is 22.8 Å². The highest BCUT2D eigenvalue weighted by atomic mass is 19.4.